The van der Waals surface area contributed by atoms with E-state index in [-0.39, 0.29) is 18.0 Å². The Morgan fingerprint density at radius 3 is 2.44 bits per heavy atom. The van der Waals surface area contributed by atoms with Gasteiger partial charge in [-0.25, -0.2) is 8.42 Å². The maximum Gasteiger partial charge on any atom is 0.245 e. The van der Waals surface area contributed by atoms with E-state index in [1.54, 1.807) is 6.07 Å². The molecule has 18 heavy (non-hydrogen) atoms. The zero-order valence-electron chi connectivity index (χ0n) is 9.27. The summed E-state index contributed by atoms with van der Waals surface area (Å²) < 4.78 is 27.4. The molecule has 100 valence electrons. The lowest BCUT2D eigenvalue weighted by molar-refractivity contribution is -0.0764. The third kappa shape index (κ3) is 2.10. The number of hydrogen-bond donors (Lipinski definition) is 1. The van der Waals surface area contributed by atoms with Gasteiger partial charge in [0.25, 0.3) is 0 Å². The zero-order valence-corrected chi connectivity index (χ0v) is 14.1. The largest absolute Gasteiger partial charge is 0.387 e. The van der Waals surface area contributed by atoms with Gasteiger partial charge in [0.2, 0.25) is 10.0 Å². The van der Waals surface area contributed by atoms with Gasteiger partial charge in [0.1, 0.15) is 4.90 Å². The van der Waals surface area contributed by atoms with E-state index in [9.17, 15) is 13.5 Å². The summed E-state index contributed by atoms with van der Waals surface area (Å²) in [6.45, 7) is 0.444. The number of nitrogens with zero attached hydrogens (tertiary/aromatic N) is 1. The van der Waals surface area contributed by atoms with E-state index < -0.39 is 15.6 Å². The number of aliphatic hydroxyl groups is 1. The molecule has 1 aliphatic carbocycles. The zero-order chi connectivity index (χ0) is 13.1. The second kappa shape index (κ2) is 4.26. The average molecular weight is 417 g/mol. The van der Waals surface area contributed by atoms with E-state index in [1.807, 2.05) is 0 Å². The quantitative estimate of drug-likeness (QED) is 0.822. The van der Waals surface area contributed by atoms with Gasteiger partial charge in [0, 0.05) is 13.1 Å². The second-order valence-corrected chi connectivity index (χ2v) is 10.5. The van der Waals surface area contributed by atoms with Crippen LogP contribution in [0.3, 0.4) is 0 Å². The van der Waals surface area contributed by atoms with Crippen molar-refractivity contribution in [2.75, 3.05) is 13.1 Å². The van der Waals surface area contributed by atoms with Crippen molar-refractivity contribution < 1.29 is 13.5 Å². The van der Waals surface area contributed by atoms with Crippen molar-refractivity contribution in [1.82, 2.24) is 4.31 Å². The molecule has 3 rings (SSSR count). The second-order valence-electron chi connectivity index (χ2n) is 4.84. The summed E-state index contributed by atoms with van der Waals surface area (Å²) in [6.07, 6.45) is 2.02. The van der Waals surface area contributed by atoms with E-state index in [0.717, 1.165) is 16.6 Å². The number of sulfonamides is 1. The van der Waals surface area contributed by atoms with E-state index in [0.29, 0.717) is 9.70 Å². The minimum atomic E-state index is -3.48. The molecule has 0 amide bonds. The maximum absolute atomic E-state index is 12.4. The summed E-state index contributed by atoms with van der Waals surface area (Å²) in [7, 11) is -3.48. The van der Waals surface area contributed by atoms with Crippen LogP contribution in [0.4, 0.5) is 0 Å². The molecule has 0 unspecified atom stereocenters. The van der Waals surface area contributed by atoms with E-state index in [2.05, 4.69) is 31.9 Å². The molecule has 2 heterocycles. The highest BCUT2D eigenvalue weighted by molar-refractivity contribution is 9.12. The summed E-state index contributed by atoms with van der Waals surface area (Å²) in [5.74, 6) is 0.293. The molecule has 0 bridgehead atoms. The fourth-order valence-corrected chi connectivity index (χ4v) is 7.58. The van der Waals surface area contributed by atoms with Gasteiger partial charge in [0.15, 0.2) is 0 Å². The van der Waals surface area contributed by atoms with Crippen LogP contribution in [0, 0.1) is 5.92 Å². The van der Waals surface area contributed by atoms with Crippen molar-refractivity contribution in [2.24, 2.45) is 5.92 Å². The molecular weight excluding hydrogens is 406 g/mol. The van der Waals surface area contributed by atoms with Crippen LogP contribution in [0.2, 0.25) is 0 Å². The van der Waals surface area contributed by atoms with Gasteiger partial charge in [-0.15, -0.1) is 11.3 Å². The summed E-state index contributed by atoms with van der Waals surface area (Å²) in [5, 5.41) is 10.2. The Morgan fingerprint density at radius 2 is 2.00 bits per heavy atom. The van der Waals surface area contributed by atoms with Crippen LogP contribution in [0.25, 0.3) is 0 Å². The fourth-order valence-electron chi connectivity index (χ4n) is 2.25. The van der Waals surface area contributed by atoms with Crippen LogP contribution >= 0.6 is 43.2 Å². The first kappa shape index (κ1) is 13.5. The molecule has 0 spiro atoms. The molecule has 0 aromatic carbocycles. The van der Waals surface area contributed by atoms with Gasteiger partial charge in [-0.05, 0) is 56.7 Å². The molecule has 1 aromatic heterocycles. The topological polar surface area (TPSA) is 57.6 Å². The van der Waals surface area contributed by atoms with E-state index in [4.69, 9.17) is 0 Å². The lowest BCUT2D eigenvalue weighted by atomic mass is 9.91. The molecule has 1 aromatic rings. The van der Waals surface area contributed by atoms with Gasteiger partial charge in [-0.2, -0.15) is 4.31 Å². The normalized spacial score (nSPS) is 23.9. The van der Waals surface area contributed by atoms with Gasteiger partial charge < -0.3 is 5.11 Å². The van der Waals surface area contributed by atoms with Gasteiger partial charge >= 0.3 is 0 Å². The van der Waals surface area contributed by atoms with Gasteiger partial charge in [-0.1, -0.05) is 0 Å². The number of halogens is 2. The molecule has 0 atom stereocenters. The average Bonchev–Trinajstić information content (AvgIpc) is 3.00. The Kier molecular flexibility index (Phi) is 3.20. The fraction of sp³-hybridized carbons (Fsp3) is 0.600. The molecule has 1 N–H and O–H groups in total. The molecule has 2 fully saturated rings. The van der Waals surface area contributed by atoms with E-state index >= 15 is 0 Å². The molecule has 2 aliphatic rings. The molecule has 1 saturated carbocycles. The predicted octanol–water partition coefficient (Wildman–Crippen LogP) is 2.42. The molecule has 1 saturated heterocycles. The molecule has 8 heteroatoms. The predicted molar refractivity (Wildman–Crippen MR) is 76.2 cm³/mol. The molecule has 4 nitrogen and oxygen atoms in total. The Hall–Kier alpha value is 0.530. The van der Waals surface area contributed by atoms with Crippen molar-refractivity contribution in [1.29, 1.82) is 0 Å². The summed E-state index contributed by atoms with van der Waals surface area (Å²) in [4.78, 5) is 0.275. The minimum Gasteiger partial charge on any atom is -0.387 e. The third-order valence-electron chi connectivity index (χ3n) is 3.48. The van der Waals surface area contributed by atoms with E-state index in [1.165, 1.54) is 15.6 Å². The smallest absolute Gasteiger partial charge is 0.245 e. The number of β-amino-alcohol motifs (C(OH)–C–C–N with tert-alkyl or cyclic N) is 1. The highest BCUT2D eigenvalue weighted by atomic mass is 79.9. The van der Waals surface area contributed by atoms with Crippen LogP contribution < -0.4 is 0 Å². The first-order valence-corrected chi connectivity index (χ1v) is 9.34. The molecule has 0 radical (unpaired) electrons. The first-order valence-electron chi connectivity index (χ1n) is 5.50. The van der Waals surface area contributed by atoms with Crippen LogP contribution in [0.5, 0.6) is 0 Å². The highest BCUT2D eigenvalue weighted by Crippen LogP contribution is 2.47. The highest BCUT2D eigenvalue weighted by Gasteiger charge is 2.55. The number of rotatable bonds is 3. The van der Waals surface area contributed by atoms with Crippen molar-refractivity contribution >= 4 is 53.2 Å². The first-order chi connectivity index (χ1) is 8.33. The number of hydrogen-bond acceptors (Lipinski definition) is 4. The van der Waals surface area contributed by atoms with Crippen LogP contribution in [0.1, 0.15) is 12.8 Å². The van der Waals surface area contributed by atoms with Crippen molar-refractivity contribution in [3.63, 3.8) is 0 Å². The Labute approximate surface area is 126 Å². The Morgan fingerprint density at radius 1 is 1.39 bits per heavy atom. The number of thiophene rings is 1. The monoisotopic (exact) mass is 415 g/mol. The van der Waals surface area contributed by atoms with Crippen LogP contribution in [-0.4, -0.2) is 36.5 Å². The maximum atomic E-state index is 12.4. The summed E-state index contributed by atoms with van der Waals surface area (Å²) in [6, 6.07) is 1.60. The standard InChI is InChI=1S/C10H11Br2NO3S2/c11-8-3-7(9(12)17-8)18(15,16)13-4-10(14,5-13)6-1-2-6/h3,6,14H,1-2,4-5H2. The Balaban J connectivity index is 1.82. The Bertz CT molecular complexity index is 588. The third-order valence-corrected chi connectivity index (χ3v) is 8.03. The lowest BCUT2D eigenvalue weighted by Crippen LogP contribution is -2.64. The molecular formula is C10H11Br2NO3S2. The van der Waals surface area contributed by atoms with Gasteiger partial charge in [-0.3, -0.25) is 0 Å². The van der Waals surface area contributed by atoms with Crippen LogP contribution in [-0.2, 0) is 10.0 Å². The van der Waals surface area contributed by atoms with Crippen molar-refractivity contribution in [2.45, 2.75) is 23.3 Å². The van der Waals surface area contributed by atoms with Crippen LogP contribution in [0.15, 0.2) is 18.5 Å². The summed E-state index contributed by atoms with van der Waals surface area (Å²) >= 11 is 7.87. The lowest BCUT2D eigenvalue weighted by Gasteiger charge is -2.45. The van der Waals surface area contributed by atoms with Crippen molar-refractivity contribution in [3.8, 4) is 0 Å². The SMILES string of the molecule is O=S(=O)(c1cc(Br)sc1Br)N1CC(O)(C2CC2)C1. The minimum absolute atomic E-state index is 0.222. The van der Waals surface area contributed by atoms with Gasteiger partial charge in [0.05, 0.1) is 13.2 Å². The molecule has 1 aliphatic heterocycles. The van der Waals surface area contributed by atoms with Crippen molar-refractivity contribution in [3.05, 3.63) is 13.6 Å². The summed E-state index contributed by atoms with van der Waals surface area (Å²) in [5.41, 5.74) is -0.785.